The van der Waals surface area contributed by atoms with Crippen LogP contribution in [0.5, 0.6) is 0 Å². The van der Waals surface area contributed by atoms with E-state index >= 15 is 0 Å². The summed E-state index contributed by atoms with van der Waals surface area (Å²) in [5, 5.41) is 0. The Bertz CT molecular complexity index is 624. The van der Waals surface area contributed by atoms with Crippen LogP contribution < -0.4 is 5.73 Å². The first-order chi connectivity index (χ1) is 9.44. The summed E-state index contributed by atoms with van der Waals surface area (Å²) in [6.45, 7) is 3.16. The maximum atomic E-state index is 13.5. The molecule has 106 valence electrons. The normalized spacial score (nSPS) is 11.0. The fraction of sp³-hybridized carbons (Fsp3) is 0.267. The number of nitrogens with zero attached hydrogens (tertiary/aromatic N) is 1. The topological polar surface area (TPSA) is 42.4 Å². The van der Waals surface area contributed by atoms with E-state index in [9.17, 15) is 4.39 Å². The molecule has 2 aromatic rings. The fourth-order valence-corrected chi connectivity index (χ4v) is 2.21. The Labute approximate surface area is 123 Å². The Kier molecular flexibility index (Phi) is 4.52. The van der Waals surface area contributed by atoms with Crippen molar-refractivity contribution in [1.82, 2.24) is 4.90 Å². The van der Waals surface area contributed by atoms with Crippen LogP contribution in [0.2, 0.25) is 0 Å². The molecule has 0 saturated heterocycles. The van der Waals surface area contributed by atoms with E-state index in [2.05, 4.69) is 0 Å². The van der Waals surface area contributed by atoms with Crippen molar-refractivity contribution in [2.75, 3.05) is 7.05 Å². The Balaban J connectivity index is 2.07. The van der Waals surface area contributed by atoms with Gasteiger partial charge < -0.3 is 10.2 Å². The van der Waals surface area contributed by atoms with Gasteiger partial charge in [0, 0.05) is 12.1 Å². The molecule has 5 heteroatoms. The number of halogens is 1. The second-order valence-corrected chi connectivity index (χ2v) is 5.34. The molecule has 2 rings (SSSR count). The van der Waals surface area contributed by atoms with E-state index in [1.54, 1.807) is 0 Å². The van der Waals surface area contributed by atoms with Crippen LogP contribution in [0, 0.1) is 12.7 Å². The molecule has 3 nitrogen and oxygen atoms in total. The smallest absolute Gasteiger partial charge is 0.124 e. The third-order valence-corrected chi connectivity index (χ3v) is 3.15. The molecule has 0 unspecified atom stereocenters. The first kappa shape index (κ1) is 14.7. The van der Waals surface area contributed by atoms with Crippen molar-refractivity contribution in [3.8, 4) is 0 Å². The summed E-state index contributed by atoms with van der Waals surface area (Å²) in [5.41, 5.74) is 6.93. The molecule has 0 radical (unpaired) electrons. The van der Waals surface area contributed by atoms with E-state index in [-0.39, 0.29) is 10.8 Å². The summed E-state index contributed by atoms with van der Waals surface area (Å²) in [7, 11) is 1.95. The Morgan fingerprint density at radius 1 is 1.30 bits per heavy atom. The van der Waals surface area contributed by atoms with Crippen LogP contribution in [-0.4, -0.2) is 16.9 Å². The lowest BCUT2D eigenvalue weighted by Gasteiger charge is -2.16. The first-order valence-corrected chi connectivity index (χ1v) is 6.68. The van der Waals surface area contributed by atoms with Crippen LogP contribution in [0.25, 0.3) is 0 Å². The van der Waals surface area contributed by atoms with Crippen molar-refractivity contribution in [2.45, 2.75) is 20.0 Å². The first-order valence-electron chi connectivity index (χ1n) is 6.27. The van der Waals surface area contributed by atoms with Crippen LogP contribution in [0.4, 0.5) is 4.39 Å². The molecule has 0 saturated carbocycles. The lowest BCUT2D eigenvalue weighted by atomic mass is 10.1. The minimum atomic E-state index is -0.326. The minimum Gasteiger partial charge on any atom is -0.465 e. The Morgan fingerprint density at radius 3 is 2.65 bits per heavy atom. The molecule has 2 N–H and O–H groups in total. The van der Waals surface area contributed by atoms with Crippen molar-refractivity contribution in [3.63, 3.8) is 0 Å². The highest BCUT2D eigenvalue weighted by Gasteiger charge is 2.08. The molecule has 0 amide bonds. The quantitative estimate of drug-likeness (QED) is 0.860. The van der Waals surface area contributed by atoms with Crippen molar-refractivity contribution in [1.29, 1.82) is 0 Å². The second-order valence-electron chi connectivity index (χ2n) is 4.90. The molecule has 0 bridgehead atoms. The predicted molar refractivity (Wildman–Crippen MR) is 80.9 cm³/mol. The number of benzene rings is 1. The summed E-state index contributed by atoms with van der Waals surface area (Å²) in [4.78, 5) is 2.24. The van der Waals surface area contributed by atoms with Gasteiger partial charge in [-0.25, -0.2) is 4.39 Å². The number of aryl methyl sites for hydroxylation is 1. The molecule has 1 heterocycles. The summed E-state index contributed by atoms with van der Waals surface area (Å²) in [5.74, 6) is 1.44. The van der Waals surface area contributed by atoms with Gasteiger partial charge in [-0.15, -0.1) is 0 Å². The molecule has 0 aliphatic heterocycles. The van der Waals surface area contributed by atoms with Crippen LogP contribution in [0.15, 0.2) is 34.7 Å². The van der Waals surface area contributed by atoms with E-state index in [1.165, 1.54) is 12.1 Å². The highest BCUT2D eigenvalue weighted by atomic mass is 32.1. The third-order valence-electron chi connectivity index (χ3n) is 2.92. The van der Waals surface area contributed by atoms with Gasteiger partial charge in [0.2, 0.25) is 0 Å². The van der Waals surface area contributed by atoms with Gasteiger partial charge in [0.1, 0.15) is 22.3 Å². The number of hydrogen-bond donors (Lipinski definition) is 1. The molecule has 0 aliphatic carbocycles. The van der Waals surface area contributed by atoms with Crippen LogP contribution >= 0.6 is 12.2 Å². The maximum absolute atomic E-state index is 13.5. The van der Waals surface area contributed by atoms with E-state index in [4.69, 9.17) is 22.4 Å². The minimum absolute atomic E-state index is 0.204. The zero-order valence-corrected chi connectivity index (χ0v) is 12.3. The second kappa shape index (κ2) is 6.15. The molecule has 0 spiro atoms. The van der Waals surface area contributed by atoms with Gasteiger partial charge in [0.25, 0.3) is 0 Å². The van der Waals surface area contributed by atoms with E-state index in [0.29, 0.717) is 18.7 Å². The van der Waals surface area contributed by atoms with E-state index in [1.807, 2.05) is 37.1 Å². The maximum Gasteiger partial charge on any atom is 0.124 e. The molecular formula is C15H17FN2OS. The monoisotopic (exact) mass is 292 g/mol. The zero-order chi connectivity index (χ0) is 14.7. The van der Waals surface area contributed by atoms with E-state index < -0.39 is 0 Å². The highest BCUT2D eigenvalue weighted by Crippen LogP contribution is 2.14. The number of hydrogen-bond acceptors (Lipinski definition) is 3. The molecule has 0 atom stereocenters. The Hall–Kier alpha value is -1.72. The van der Waals surface area contributed by atoms with Crippen molar-refractivity contribution in [2.24, 2.45) is 5.73 Å². The van der Waals surface area contributed by atoms with Gasteiger partial charge in [-0.3, -0.25) is 4.90 Å². The lowest BCUT2D eigenvalue weighted by Crippen LogP contribution is -2.18. The molecule has 20 heavy (non-hydrogen) atoms. The van der Waals surface area contributed by atoms with Gasteiger partial charge in [0.15, 0.2) is 0 Å². The van der Waals surface area contributed by atoms with Crippen LogP contribution in [0.1, 0.15) is 22.6 Å². The summed E-state index contributed by atoms with van der Waals surface area (Å²) < 4.78 is 19.0. The molecule has 1 aromatic carbocycles. The molecule has 0 aliphatic rings. The molecule has 1 aromatic heterocycles. The van der Waals surface area contributed by atoms with E-state index in [0.717, 1.165) is 17.1 Å². The highest BCUT2D eigenvalue weighted by molar-refractivity contribution is 7.80. The third kappa shape index (κ3) is 3.88. The molecular weight excluding hydrogens is 275 g/mol. The van der Waals surface area contributed by atoms with Gasteiger partial charge >= 0.3 is 0 Å². The standard InChI is InChI=1S/C15H17FN2OS/c1-10-3-4-14(19-10)9-18(2)8-11-5-12(15(17)20)7-13(16)6-11/h3-7H,8-9H2,1-2H3,(H2,17,20). The van der Waals surface area contributed by atoms with Gasteiger partial charge in [-0.2, -0.15) is 0 Å². The SMILES string of the molecule is Cc1ccc(CN(C)Cc2cc(F)cc(C(N)=S)c2)o1. The van der Waals surface area contributed by atoms with Crippen molar-refractivity contribution >= 4 is 17.2 Å². The predicted octanol–water partition coefficient (Wildman–Crippen LogP) is 2.99. The average Bonchev–Trinajstić information content (AvgIpc) is 2.73. The summed E-state index contributed by atoms with van der Waals surface area (Å²) >= 11 is 4.89. The van der Waals surface area contributed by atoms with Gasteiger partial charge in [0.05, 0.1) is 6.54 Å². The van der Waals surface area contributed by atoms with Crippen molar-refractivity contribution < 1.29 is 8.81 Å². The number of furan rings is 1. The number of thiocarbonyl (C=S) groups is 1. The van der Waals surface area contributed by atoms with Gasteiger partial charge in [-0.05, 0) is 49.9 Å². The fourth-order valence-electron chi connectivity index (χ4n) is 2.09. The largest absolute Gasteiger partial charge is 0.465 e. The zero-order valence-electron chi connectivity index (χ0n) is 11.5. The summed E-state index contributed by atoms with van der Waals surface area (Å²) in [6, 6.07) is 8.52. The van der Waals surface area contributed by atoms with Crippen molar-refractivity contribution in [3.05, 3.63) is 58.8 Å². The average molecular weight is 292 g/mol. The van der Waals surface area contributed by atoms with Crippen LogP contribution in [0.3, 0.4) is 0 Å². The summed E-state index contributed by atoms with van der Waals surface area (Å²) in [6.07, 6.45) is 0. The van der Waals surface area contributed by atoms with Crippen LogP contribution in [-0.2, 0) is 13.1 Å². The lowest BCUT2D eigenvalue weighted by molar-refractivity contribution is 0.285. The molecule has 0 fully saturated rings. The Morgan fingerprint density at radius 2 is 2.05 bits per heavy atom. The number of nitrogens with two attached hydrogens (primary N) is 1. The van der Waals surface area contributed by atoms with Gasteiger partial charge in [-0.1, -0.05) is 12.2 Å². The number of rotatable bonds is 5.